The zero-order valence-electron chi connectivity index (χ0n) is 12.8. The third kappa shape index (κ3) is 5.77. The Labute approximate surface area is 131 Å². The van der Waals surface area contributed by atoms with E-state index in [1.54, 1.807) is 0 Å². The van der Waals surface area contributed by atoms with Crippen LogP contribution in [0.3, 0.4) is 0 Å². The van der Waals surface area contributed by atoms with E-state index in [0.29, 0.717) is 5.75 Å². The summed E-state index contributed by atoms with van der Waals surface area (Å²) in [7, 11) is -2.58. The molecule has 0 spiro atoms. The van der Waals surface area contributed by atoms with Crippen LogP contribution < -0.4 is 0 Å². The van der Waals surface area contributed by atoms with Gasteiger partial charge >= 0.3 is 6.09 Å². The number of ether oxygens (including phenoxy) is 1. The number of carbonyl (C=O) groups excluding carboxylic acids is 1. The van der Waals surface area contributed by atoms with Crippen LogP contribution in [-0.2, 0) is 21.1 Å². The number of nitrogens with zero attached hydrogens (tertiary/aromatic N) is 1. The summed E-state index contributed by atoms with van der Waals surface area (Å²) in [5, 5.41) is 9.48. The minimum atomic E-state index is -2.58. The van der Waals surface area contributed by atoms with Crippen molar-refractivity contribution < 1.29 is 18.8 Å². The Morgan fingerprint density at radius 2 is 1.91 bits per heavy atom. The van der Waals surface area contributed by atoms with Crippen molar-refractivity contribution in [3.8, 4) is 0 Å². The van der Waals surface area contributed by atoms with Gasteiger partial charge in [0.15, 0.2) is 0 Å². The van der Waals surface area contributed by atoms with Crippen molar-refractivity contribution in [1.82, 2.24) is 0 Å². The van der Waals surface area contributed by atoms with Gasteiger partial charge in [-0.2, -0.15) is 0 Å². The number of hydrogen-bond acceptors (Lipinski definition) is 4. The Kier molecular flexibility index (Phi) is 5.97. The average Bonchev–Trinajstić information content (AvgIpc) is 2.48. The Balaban J connectivity index is 1.86. The van der Waals surface area contributed by atoms with Gasteiger partial charge in [0.2, 0.25) is 0 Å². The van der Waals surface area contributed by atoms with E-state index < -0.39 is 15.8 Å². The molecule has 0 heterocycles. The van der Waals surface area contributed by atoms with Crippen LogP contribution in [-0.4, -0.2) is 33.5 Å². The second kappa shape index (κ2) is 7.74. The van der Waals surface area contributed by atoms with Gasteiger partial charge in [-0.15, -0.1) is 4.36 Å². The fraction of sp³-hybridized carbons (Fsp3) is 0.562. The van der Waals surface area contributed by atoms with E-state index in [-0.39, 0.29) is 18.6 Å². The average molecular weight is 325 g/mol. The second-order valence-corrected chi connectivity index (χ2v) is 8.37. The van der Waals surface area contributed by atoms with Crippen LogP contribution >= 0.6 is 0 Å². The maximum Gasteiger partial charge on any atom is 0.442 e. The number of carbonyl (C=O) groups is 1. The number of rotatable bonds is 4. The number of aliphatic hydroxyl groups excluding tert-OH is 1. The summed E-state index contributed by atoms with van der Waals surface area (Å²) in [5.41, 5.74) is 0.870. The van der Waals surface area contributed by atoms with Crippen molar-refractivity contribution in [2.75, 3.05) is 12.0 Å². The molecule has 1 aromatic rings. The summed E-state index contributed by atoms with van der Waals surface area (Å²) in [6.45, 7) is 0.133. The number of amides is 1. The van der Waals surface area contributed by atoms with Gasteiger partial charge in [-0.05, 0) is 37.2 Å². The Morgan fingerprint density at radius 3 is 2.55 bits per heavy atom. The molecule has 0 saturated heterocycles. The van der Waals surface area contributed by atoms with Crippen LogP contribution in [0.5, 0.6) is 0 Å². The molecule has 122 valence electrons. The molecule has 5 nitrogen and oxygen atoms in total. The van der Waals surface area contributed by atoms with Crippen molar-refractivity contribution in [2.24, 2.45) is 10.3 Å². The Bertz CT molecular complexity index is 600. The highest BCUT2D eigenvalue weighted by Gasteiger charge is 2.22. The van der Waals surface area contributed by atoms with Crippen molar-refractivity contribution in [1.29, 1.82) is 0 Å². The SMILES string of the molecule is CS(=O)(CC1CCC(O)CC1)=NC(=O)OCc1ccccc1. The molecular formula is C16H23NO4S. The molecule has 1 unspecified atom stereocenters. The highest BCUT2D eigenvalue weighted by Crippen LogP contribution is 2.25. The first-order valence-corrected chi connectivity index (χ1v) is 9.62. The molecule has 0 bridgehead atoms. The number of benzene rings is 1. The first kappa shape index (κ1) is 17.0. The summed E-state index contributed by atoms with van der Waals surface area (Å²) in [5.74, 6) is 0.645. The van der Waals surface area contributed by atoms with E-state index in [2.05, 4.69) is 4.36 Å². The van der Waals surface area contributed by atoms with E-state index >= 15 is 0 Å². The van der Waals surface area contributed by atoms with Crippen molar-refractivity contribution in [3.63, 3.8) is 0 Å². The molecule has 1 atom stereocenters. The maximum absolute atomic E-state index is 12.4. The van der Waals surface area contributed by atoms with E-state index in [4.69, 9.17) is 4.74 Å². The summed E-state index contributed by atoms with van der Waals surface area (Å²) < 4.78 is 21.2. The lowest BCUT2D eigenvalue weighted by molar-refractivity contribution is 0.113. The quantitative estimate of drug-likeness (QED) is 0.923. The summed E-state index contributed by atoms with van der Waals surface area (Å²) in [6.07, 6.45) is 3.63. The lowest BCUT2D eigenvalue weighted by Gasteiger charge is -2.25. The van der Waals surface area contributed by atoms with Gasteiger partial charge in [0.1, 0.15) is 6.61 Å². The van der Waals surface area contributed by atoms with Crippen LogP contribution in [0.4, 0.5) is 4.79 Å². The van der Waals surface area contributed by atoms with Gasteiger partial charge in [0.25, 0.3) is 0 Å². The highest BCUT2D eigenvalue weighted by atomic mass is 32.2. The van der Waals surface area contributed by atoms with E-state index in [0.717, 1.165) is 31.2 Å². The van der Waals surface area contributed by atoms with E-state index in [1.165, 1.54) is 6.26 Å². The molecule has 1 amide bonds. The molecule has 0 radical (unpaired) electrons. The van der Waals surface area contributed by atoms with Gasteiger partial charge in [-0.25, -0.2) is 9.00 Å². The van der Waals surface area contributed by atoms with Crippen molar-refractivity contribution >= 4 is 15.8 Å². The Morgan fingerprint density at radius 1 is 1.27 bits per heavy atom. The van der Waals surface area contributed by atoms with Crippen LogP contribution in [0.1, 0.15) is 31.2 Å². The minimum absolute atomic E-state index is 0.133. The smallest absolute Gasteiger partial charge is 0.442 e. The van der Waals surface area contributed by atoms with Gasteiger partial charge in [0.05, 0.1) is 15.8 Å². The third-order valence-electron chi connectivity index (χ3n) is 3.83. The van der Waals surface area contributed by atoms with Gasteiger partial charge in [-0.3, -0.25) is 0 Å². The molecule has 0 aliphatic heterocycles. The standard InChI is InChI=1S/C16H23NO4S/c1-22(20,12-14-7-9-15(18)10-8-14)17-16(19)21-11-13-5-3-2-4-6-13/h2-6,14-15,18H,7-12H2,1H3. The molecule has 1 aliphatic carbocycles. The predicted octanol–water partition coefficient (Wildman–Crippen LogP) is 2.97. The molecule has 1 N–H and O–H groups in total. The number of aliphatic hydroxyl groups is 1. The van der Waals surface area contributed by atoms with Crippen LogP contribution in [0.15, 0.2) is 34.7 Å². The van der Waals surface area contributed by atoms with Crippen molar-refractivity contribution in [3.05, 3.63) is 35.9 Å². The fourth-order valence-corrected chi connectivity index (χ4v) is 4.34. The van der Waals surface area contributed by atoms with Gasteiger partial charge in [0, 0.05) is 12.0 Å². The maximum atomic E-state index is 12.4. The van der Waals surface area contributed by atoms with E-state index in [1.807, 2.05) is 30.3 Å². The monoisotopic (exact) mass is 325 g/mol. The van der Waals surface area contributed by atoms with Gasteiger partial charge < -0.3 is 9.84 Å². The summed E-state index contributed by atoms with van der Waals surface area (Å²) in [4.78, 5) is 11.7. The Hall–Kier alpha value is -1.40. The lowest BCUT2D eigenvalue weighted by Crippen LogP contribution is -2.24. The van der Waals surface area contributed by atoms with Crippen molar-refractivity contribution in [2.45, 2.75) is 38.4 Å². The second-order valence-electron chi connectivity index (χ2n) is 5.93. The third-order valence-corrected chi connectivity index (χ3v) is 5.46. The molecule has 1 aromatic carbocycles. The first-order valence-electron chi connectivity index (χ1n) is 7.53. The molecule has 0 aromatic heterocycles. The lowest BCUT2D eigenvalue weighted by atomic mass is 9.89. The number of hydrogen-bond donors (Lipinski definition) is 1. The molecule has 1 saturated carbocycles. The van der Waals surface area contributed by atoms with Gasteiger partial charge in [-0.1, -0.05) is 30.3 Å². The molecule has 1 aliphatic rings. The molecule has 22 heavy (non-hydrogen) atoms. The molecule has 1 fully saturated rings. The highest BCUT2D eigenvalue weighted by molar-refractivity contribution is 7.93. The van der Waals surface area contributed by atoms with Crippen LogP contribution in [0.2, 0.25) is 0 Å². The molecular weight excluding hydrogens is 302 g/mol. The molecule has 2 rings (SSSR count). The first-order chi connectivity index (χ1) is 10.4. The van der Waals surface area contributed by atoms with Crippen LogP contribution in [0, 0.1) is 5.92 Å². The fourth-order valence-electron chi connectivity index (χ4n) is 2.69. The normalized spacial score (nSPS) is 24.3. The molecule has 6 heteroatoms. The van der Waals surface area contributed by atoms with E-state index in [9.17, 15) is 14.1 Å². The minimum Gasteiger partial charge on any atom is -0.443 e. The summed E-state index contributed by atoms with van der Waals surface area (Å²) >= 11 is 0. The topological polar surface area (TPSA) is 76.0 Å². The predicted molar refractivity (Wildman–Crippen MR) is 86.0 cm³/mol. The zero-order valence-corrected chi connectivity index (χ0v) is 13.6. The largest absolute Gasteiger partial charge is 0.443 e. The van der Waals surface area contributed by atoms with Crippen LogP contribution in [0.25, 0.3) is 0 Å². The zero-order chi connectivity index (χ0) is 16.0. The summed E-state index contributed by atoms with van der Waals surface area (Å²) in [6, 6.07) is 9.31.